The number of nitro benzene ring substituents is 1. The highest BCUT2D eigenvalue weighted by Crippen LogP contribution is 2.36. The average molecular weight is 445 g/mol. The van der Waals surface area contributed by atoms with E-state index in [0.29, 0.717) is 17.1 Å². The molecule has 27 heavy (non-hydrogen) atoms. The fourth-order valence-corrected chi connectivity index (χ4v) is 3.74. The van der Waals surface area contributed by atoms with Crippen molar-refractivity contribution in [3.05, 3.63) is 86.9 Å². The molecule has 0 fully saturated rings. The minimum Gasteiger partial charge on any atom is -0.495 e. The molecule has 0 aliphatic rings. The van der Waals surface area contributed by atoms with Crippen molar-refractivity contribution in [3.8, 4) is 5.75 Å². The van der Waals surface area contributed by atoms with E-state index in [2.05, 4.69) is 21.2 Å². The molecule has 0 spiro atoms. The van der Waals surface area contributed by atoms with E-state index in [0.717, 1.165) is 15.1 Å². The van der Waals surface area contributed by atoms with Gasteiger partial charge < -0.3 is 10.1 Å². The number of nitrogens with one attached hydrogen (secondary N) is 1. The Bertz CT molecular complexity index is 951. The number of benzene rings is 3. The summed E-state index contributed by atoms with van der Waals surface area (Å²) in [5, 5.41) is 14.7. The molecule has 0 aliphatic carbocycles. The number of thioether (sulfide) groups is 1. The van der Waals surface area contributed by atoms with Crippen LogP contribution in [0.5, 0.6) is 5.75 Å². The van der Waals surface area contributed by atoms with Gasteiger partial charge in [0.1, 0.15) is 11.4 Å². The van der Waals surface area contributed by atoms with E-state index in [1.54, 1.807) is 37.1 Å². The van der Waals surface area contributed by atoms with E-state index in [-0.39, 0.29) is 10.6 Å². The molecule has 0 saturated carbocycles. The summed E-state index contributed by atoms with van der Waals surface area (Å²) in [5.74, 6) is 1.35. The summed E-state index contributed by atoms with van der Waals surface area (Å²) in [7, 11) is 1.56. The summed E-state index contributed by atoms with van der Waals surface area (Å²) >= 11 is 4.95. The summed E-state index contributed by atoms with van der Waals surface area (Å²) in [6.07, 6.45) is 0. The van der Waals surface area contributed by atoms with Crippen molar-refractivity contribution in [2.45, 2.75) is 10.6 Å². The van der Waals surface area contributed by atoms with Crippen molar-refractivity contribution < 1.29 is 9.66 Å². The molecule has 0 atom stereocenters. The highest BCUT2D eigenvalue weighted by Gasteiger charge is 2.16. The first-order valence-corrected chi connectivity index (χ1v) is 9.90. The molecule has 0 bridgehead atoms. The zero-order chi connectivity index (χ0) is 19.2. The summed E-state index contributed by atoms with van der Waals surface area (Å²) in [6.45, 7) is 0. The molecule has 3 aromatic rings. The number of halogens is 1. The molecule has 0 amide bonds. The minimum atomic E-state index is -0.375. The maximum atomic E-state index is 11.6. The van der Waals surface area contributed by atoms with Gasteiger partial charge in [-0.25, -0.2) is 0 Å². The highest BCUT2D eigenvalue weighted by molar-refractivity contribution is 9.10. The number of hydrogen-bond acceptors (Lipinski definition) is 5. The predicted octanol–water partition coefficient (Wildman–Crippen LogP) is 6.40. The van der Waals surface area contributed by atoms with Crippen LogP contribution in [0, 0.1) is 10.1 Å². The SMILES string of the molecule is COc1cc(Br)ccc1Nc1ccc(SCc2ccccc2)cc1[N+](=O)[O-]. The fourth-order valence-electron chi connectivity index (χ4n) is 2.51. The van der Waals surface area contributed by atoms with Gasteiger partial charge in [0.05, 0.1) is 17.7 Å². The maximum Gasteiger partial charge on any atom is 0.293 e. The van der Waals surface area contributed by atoms with Gasteiger partial charge in [0, 0.05) is 21.2 Å². The predicted molar refractivity (Wildman–Crippen MR) is 113 cm³/mol. The van der Waals surface area contributed by atoms with Crippen LogP contribution in [-0.4, -0.2) is 12.0 Å². The standard InChI is InChI=1S/C20H17BrN2O3S/c1-26-20-11-15(21)7-9-18(20)22-17-10-8-16(12-19(17)23(24)25)27-13-14-5-3-2-4-6-14/h2-12,22H,13H2,1H3. The Morgan fingerprint density at radius 2 is 1.81 bits per heavy atom. The molecule has 0 aliphatic heterocycles. The lowest BCUT2D eigenvalue weighted by atomic mass is 10.2. The fraction of sp³-hybridized carbons (Fsp3) is 0.100. The lowest BCUT2D eigenvalue weighted by Gasteiger charge is -2.12. The van der Waals surface area contributed by atoms with E-state index in [4.69, 9.17) is 4.74 Å². The van der Waals surface area contributed by atoms with Crippen LogP contribution in [0.4, 0.5) is 17.1 Å². The lowest BCUT2D eigenvalue weighted by Crippen LogP contribution is -1.99. The minimum absolute atomic E-state index is 0.0260. The molecular formula is C20H17BrN2O3S. The largest absolute Gasteiger partial charge is 0.495 e. The third-order valence-corrected chi connectivity index (χ3v) is 5.41. The van der Waals surface area contributed by atoms with Gasteiger partial charge in [-0.2, -0.15) is 0 Å². The van der Waals surface area contributed by atoms with Gasteiger partial charge in [0.2, 0.25) is 0 Å². The van der Waals surface area contributed by atoms with Crippen LogP contribution in [0.1, 0.15) is 5.56 Å². The normalized spacial score (nSPS) is 10.4. The molecule has 138 valence electrons. The van der Waals surface area contributed by atoms with E-state index < -0.39 is 0 Å². The van der Waals surface area contributed by atoms with E-state index in [1.807, 2.05) is 48.5 Å². The number of nitrogens with zero attached hydrogens (tertiary/aromatic N) is 1. The van der Waals surface area contributed by atoms with E-state index >= 15 is 0 Å². The molecule has 0 saturated heterocycles. The highest BCUT2D eigenvalue weighted by atomic mass is 79.9. The van der Waals surface area contributed by atoms with Crippen molar-refractivity contribution in [2.75, 3.05) is 12.4 Å². The third kappa shape index (κ3) is 5.02. The topological polar surface area (TPSA) is 64.4 Å². The lowest BCUT2D eigenvalue weighted by molar-refractivity contribution is -0.384. The van der Waals surface area contributed by atoms with E-state index in [1.165, 1.54) is 5.56 Å². The number of rotatable bonds is 7. The zero-order valence-electron chi connectivity index (χ0n) is 14.5. The molecule has 7 heteroatoms. The second kappa shape index (κ2) is 8.92. The van der Waals surface area contributed by atoms with Crippen LogP contribution in [0.2, 0.25) is 0 Å². The summed E-state index contributed by atoms with van der Waals surface area (Å²) < 4.78 is 6.21. The zero-order valence-corrected chi connectivity index (χ0v) is 16.9. The molecule has 0 heterocycles. The second-order valence-electron chi connectivity index (χ2n) is 5.68. The monoisotopic (exact) mass is 444 g/mol. The maximum absolute atomic E-state index is 11.6. The Kier molecular flexibility index (Phi) is 6.36. The summed E-state index contributed by atoms with van der Waals surface area (Å²) in [5.41, 5.74) is 2.28. The van der Waals surface area contributed by atoms with Crippen LogP contribution >= 0.6 is 27.7 Å². The second-order valence-corrected chi connectivity index (χ2v) is 7.64. The van der Waals surface area contributed by atoms with Crippen molar-refractivity contribution in [2.24, 2.45) is 0 Å². The number of ether oxygens (including phenoxy) is 1. The van der Waals surface area contributed by atoms with Gasteiger partial charge in [0.15, 0.2) is 0 Å². The van der Waals surface area contributed by atoms with Gasteiger partial charge in [0.25, 0.3) is 5.69 Å². The van der Waals surface area contributed by atoms with Crippen LogP contribution in [0.25, 0.3) is 0 Å². The smallest absolute Gasteiger partial charge is 0.293 e. The summed E-state index contributed by atoms with van der Waals surface area (Å²) in [6, 6.07) is 20.7. The molecule has 3 aromatic carbocycles. The van der Waals surface area contributed by atoms with E-state index in [9.17, 15) is 10.1 Å². The van der Waals surface area contributed by atoms with Gasteiger partial charge in [-0.3, -0.25) is 10.1 Å². The first kappa shape index (κ1) is 19.3. The van der Waals surface area contributed by atoms with Crippen LogP contribution in [-0.2, 0) is 5.75 Å². The number of methoxy groups -OCH3 is 1. The molecular weight excluding hydrogens is 428 g/mol. The average Bonchev–Trinajstić information content (AvgIpc) is 2.69. The first-order valence-electron chi connectivity index (χ1n) is 8.12. The van der Waals surface area contributed by atoms with Crippen molar-refractivity contribution in [1.29, 1.82) is 0 Å². The number of anilines is 2. The molecule has 3 rings (SSSR count). The Balaban J connectivity index is 1.83. The Labute approximate surface area is 170 Å². The third-order valence-electron chi connectivity index (χ3n) is 3.85. The van der Waals surface area contributed by atoms with Crippen molar-refractivity contribution >= 4 is 44.8 Å². The van der Waals surface area contributed by atoms with Crippen LogP contribution in [0.3, 0.4) is 0 Å². The molecule has 5 nitrogen and oxygen atoms in total. The van der Waals surface area contributed by atoms with Crippen LogP contribution < -0.4 is 10.1 Å². The Morgan fingerprint density at radius 3 is 2.52 bits per heavy atom. The van der Waals surface area contributed by atoms with Gasteiger partial charge in [-0.05, 0) is 35.9 Å². The van der Waals surface area contributed by atoms with Crippen LogP contribution in [0.15, 0.2) is 76.1 Å². The van der Waals surface area contributed by atoms with Crippen molar-refractivity contribution in [1.82, 2.24) is 0 Å². The Hall–Kier alpha value is -2.51. The molecule has 0 aromatic heterocycles. The summed E-state index contributed by atoms with van der Waals surface area (Å²) in [4.78, 5) is 12.0. The number of hydrogen-bond donors (Lipinski definition) is 1. The van der Waals surface area contributed by atoms with Gasteiger partial charge in [-0.15, -0.1) is 11.8 Å². The molecule has 0 radical (unpaired) electrons. The Morgan fingerprint density at radius 1 is 1.07 bits per heavy atom. The quantitative estimate of drug-likeness (QED) is 0.259. The van der Waals surface area contributed by atoms with Crippen molar-refractivity contribution in [3.63, 3.8) is 0 Å². The first-order chi connectivity index (χ1) is 13.1. The number of nitro groups is 1. The molecule has 0 unspecified atom stereocenters. The molecule has 1 N–H and O–H groups in total. The van der Waals surface area contributed by atoms with Gasteiger partial charge in [-0.1, -0.05) is 46.3 Å². The van der Waals surface area contributed by atoms with Gasteiger partial charge >= 0.3 is 0 Å².